The van der Waals surface area contributed by atoms with Gasteiger partial charge in [-0.15, -0.1) is 0 Å². The van der Waals surface area contributed by atoms with E-state index in [1.165, 1.54) is 6.42 Å². The molecule has 46 heavy (non-hydrogen) atoms. The van der Waals surface area contributed by atoms with Gasteiger partial charge in [0.15, 0.2) is 6.29 Å². The van der Waals surface area contributed by atoms with Crippen LogP contribution in [0.4, 0.5) is 0 Å². The molecule has 3 fully saturated rings. The molecule has 6 rings (SSSR count). The third kappa shape index (κ3) is 8.38. The lowest BCUT2D eigenvalue weighted by molar-refractivity contribution is -0.324. The molecule has 0 bridgehead atoms. The molecule has 2 heterocycles. The molecule has 8 heteroatoms. The van der Waals surface area contributed by atoms with E-state index < -0.39 is 43.2 Å². The Kier molecular flexibility index (Phi) is 11.4. The van der Waals surface area contributed by atoms with Gasteiger partial charge >= 0.3 is 0 Å². The summed E-state index contributed by atoms with van der Waals surface area (Å²) in [4.78, 5) is 0. The minimum absolute atomic E-state index is 0.0441. The molecular weight excluding hydrogens is 599 g/mol. The maximum absolute atomic E-state index is 14.3. The van der Waals surface area contributed by atoms with E-state index >= 15 is 0 Å². The van der Waals surface area contributed by atoms with Crippen LogP contribution in [0.3, 0.4) is 0 Å². The average Bonchev–Trinajstić information content (AvgIpc) is 3.09. The number of hydrogen-bond donors (Lipinski definition) is 0. The maximum atomic E-state index is 14.3. The molecule has 1 unspecified atom stereocenters. The molecule has 0 N–H and O–H groups in total. The van der Waals surface area contributed by atoms with Crippen molar-refractivity contribution >= 4 is 7.37 Å². The molecule has 1 aliphatic carbocycles. The Morgan fingerprint density at radius 2 is 1.26 bits per heavy atom. The second kappa shape index (κ2) is 15.7. The normalized spacial score (nSPS) is 29.7. The molecule has 7 nitrogen and oxygen atoms in total. The van der Waals surface area contributed by atoms with Gasteiger partial charge in [0.1, 0.15) is 24.4 Å². The molecule has 0 radical (unpaired) electrons. The van der Waals surface area contributed by atoms with Gasteiger partial charge in [0.05, 0.1) is 32.5 Å². The van der Waals surface area contributed by atoms with Gasteiger partial charge in [-0.3, -0.25) is 4.57 Å². The SMILES string of the molecule is CC1(C)CCP1(=O)O[C@H]1[C@H](OC2CCCCC2)O[C@H](COCc2ccccc2)[C@@H](OCc2ccccc2)[C@@H]1OCc1ccccc1. The number of ether oxygens (including phenoxy) is 5. The van der Waals surface area contributed by atoms with E-state index in [1.807, 2.05) is 105 Å². The molecule has 3 aliphatic rings. The van der Waals surface area contributed by atoms with Crippen LogP contribution in [-0.4, -0.2) is 54.7 Å². The van der Waals surface area contributed by atoms with Crippen LogP contribution in [0.5, 0.6) is 0 Å². The Hall–Kier alpha value is -2.35. The minimum atomic E-state index is -3.00. The van der Waals surface area contributed by atoms with Gasteiger partial charge in [0.2, 0.25) is 7.37 Å². The van der Waals surface area contributed by atoms with Gasteiger partial charge in [-0.25, -0.2) is 0 Å². The van der Waals surface area contributed by atoms with Crippen molar-refractivity contribution in [1.29, 1.82) is 0 Å². The Morgan fingerprint density at radius 1 is 0.717 bits per heavy atom. The zero-order valence-electron chi connectivity index (χ0n) is 27.2. The third-order valence-corrected chi connectivity index (χ3v) is 13.1. The Morgan fingerprint density at radius 3 is 1.78 bits per heavy atom. The van der Waals surface area contributed by atoms with Crippen molar-refractivity contribution < 1.29 is 32.8 Å². The highest BCUT2D eigenvalue weighted by molar-refractivity contribution is 7.62. The summed E-state index contributed by atoms with van der Waals surface area (Å²) in [7, 11) is -3.00. The van der Waals surface area contributed by atoms with Crippen LogP contribution in [0.2, 0.25) is 0 Å². The van der Waals surface area contributed by atoms with E-state index in [2.05, 4.69) is 0 Å². The van der Waals surface area contributed by atoms with E-state index in [0.29, 0.717) is 26.0 Å². The van der Waals surface area contributed by atoms with Crippen molar-refractivity contribution in [1.82, 2.24) is 0 Å². The smallest absolute Gasteiger partial charge is 0.209 e. The van der Waals surface area contributed by atoms with Crippen LogP contribution >= 0.6 is 7.37 Å². The van der Waals surface area contributed by atoms with Crippen LogP contribution in [-0.2, 0) is 52.6 Å². The van der Waals surface area contributed by atoms with Crippen LogP contribution < -0.4 is 0 Å². The lowest BCUT2D eigenvalue weighted by Gasteiger charge is -2.51. The topological polar surface area (TPSA) is 72.5 Å². The Balaban J connectivity index is 1.31. The van der Waals surface area contributed by atoms with E-state index in [4.69, 9.17) is 28.2 Å². The molecule has 6 atom stereocenters. The lowest BCUT2D eigenvalue weighted by Crippen LogP contribution is -2.62. The summed E-state index contributed by atoms with van der Waals surface area (Å²) < 4.78 is 54.4. The van der Waals surface area contributed by atoms with E-state index in [-0.39, 0.29) is 12.7 Å². The first-order valence-electron chi connectivity index (χ1n) is 16.9. The van der Waals surface area contributed by atoms with Gasteiger partial charge < -0.3 is 28.2 Å². The lowest BCUT2D eigenvalue weighted by atomic mass is 9.96. The second-order valence-corrected chi connectivity index (χ2v) is 16.7. The summed E-state index contributed by atoms with van der Waals surface area (Å²) >= 11 is 0. The molecule has 2 saturated heterocycles. The fraction of sp³-hybridized carbons (Fsp3) is 0.526. The summed E-state index contributed by atoms with van der Waals surface area (Å²) in [6.07, 6.45) is 3.64. The van der Waals surface area contributed by atoms with Crippen molar-refractivity contribution in [3.8, 4) is 0 Å². The van der Waals surface area contributed by atoms with Crippen molar-refractivity contribution in [3.05, 3.63) is 108 Å². The zero-order chi connectivity index (χ0) is 31.8. The fourth-order valence-corrected chi connectivity index (χ4v) is 9.04. The highest BCUT2D eigenvalue weighted by atomic mass is 31.2. The number of rotatable bonds is 14. The number of benzene rings is 3. The van der Waals surface area contributed by atoms with Crippen molar-refractivity contribution in [3.63, 3.8) is 0 Å². The van der Waals surface area contributed by atoms with Gasteiger partial charge in [-0.2, -0.15) is 0 Å². The first-order chi connectivity index (χ1) is 22.4. The highest BCUT2D eigenvalue weighted by Crippen LogP contribution is 2.70. The predicted molar refractivity (Wildman–Crippen MR) is 179 cm³/mol. The third-order valence-electron chi connectivity index (χ3n) is 9.67. The van der Waals surface area contributed by atoms with Gasteiger partial charge in [-0.05, 0) is 36.0 Å². The highest BCUT2D eigenvalue weighted by Gasteiger charge is 2.57. The van der Waals surface area contributed by atoms with Gasteiger partial charge in [0, 0.05) is 11.3 Å². The minimum Gasteiger partial charge on any atom is -0.374 e. The van der Waals surface area contributed by atoms with Crippen molar-refractivity contribution in [2.75, 3.05) is 12.8 Å². The molecule has 0 amide bonds. The molecule has 2 aliphatic heterocycles. The van der Waals surface area contributed by atoms with Crippen LogP contribution in [0.15, 0.2) is 91.0 Å². The van der Waals surface area contributed by atoms with E-state index in [0.717, 1.165) is 48.8 Å². The summed E-state index contributed by atoms with van der Waals surface area (Å²) in [5, 5.41) is -0.414. The predicted octanol–water partition coefficient (Wildman–Crippen LogP) is 8.29. The van der Waals surface area contributed by atoms with Crippen molar-refractivity contribution in [2.24, 2.45) is 0 Å². The Labute approximate surface area is 274 Å². The summed E-state index contributed by atoms with van der Waals surface area (Å²) in [6.45, 7) is 5.49. The molecule has 3 aromatic carbocycles. The summed E-state index contributed by atoms with van der Waals surface area (Å²) in [5.41, 5.74) is 3.16. The van der Waals surface area contributed by atoms with Crippen LogP contribution in [0.25, 0.3) is 0 Å². The molecule has 248 valence electrons. The average molecular weight is 649 g/mol. The van der Waals surface area contributed by atoms with Gasteiger partial charge in [-0.1, -0.05) is 124 Å². The molecule has 3 aromatic rings. The summed E-state index contributed by atoms with van der Waals surface area (Å²) in [6, 6.07) is 30.3. The fourth-order valence-electron chi connectivity index (χ4n) is 6.55. The van der Waals surface area contributed by atoms with Crippen LogP contribution in [0.1, 0.15) is 69.1 Å². The monoisotopic (exact) mass is 648 g/mol. The summed E-state index contributed by atoms with van der Waals surface area (Å²) in [5.74, 6) is 0. The zero-order valence-corrected chi connectivity index (χ0v) is 28.1. The molecule has 0 spiro atoms. The van der Waals surface area contributed by atoms with Gasteiger partial charge in [0.25, 0.3) is 0 Å². The van der Waals surface area contributed by atoms with Crippen LogP contribution in [0, 0.1) is 0 Å². The molecular formula is C38H49O7P. The van der Waals surface area contributed by atoms with E-state index in [1.54, 1.807) is 0 Å². The first kappa shape index (κ1) is 33.5. The standard InChI is InChI=1S/C38H49O7P/c1-38(2)23-24-46(38,39)45-36-35(42-27-31-19-11-5-12-20-31)34(41-26-30-17-9-4-10-18-30)33(28-40-25-29-15-7-3-8-16-29)44-37(36)43-32-21-13-6-14-22-32/h3-5,7-12,15-20,32-37H,6,13-14,21-28H2,1-2H3/t33-,34-,35+,36-,37-,46?/m1/s1. The molecule has 0 aromatic heterocycles. The van der Waals surface area contributed by atoms with Crippen molar-refractivity contribution in [2.45, 2.75) is 114 Å². The maximum Gasteiger partial charge on any atom is 0.209 e. The van der Waals surface area contributed by atoms with E-state index in [9.17, 15) is 4.57 Å². The second-order valence-electron chi connectivity index (χ2n) is 13.5. The molecule has 1 saturated carbocycles. The first-order valence-corrected chi connectivity index (χ1v) is 18.7. The largest absolute Gasteiger partial charge is 0.374 e. The number of hydrogen-bond acceptors (Lipinski definition) is 7. The quantitative estimate of drug-likeness (QED) is 0.163. The Bertz CT molecular complexity index is 1380.